The normalized spacial score (nSPS) is 20.3. The Hall–Kier alpha value is -1.42. The molecular weight excluding hydrogens is 288 g/mol. The molecular formula is C16H21ClN2O2. The maximum absolute atomic E-state index is 11.7. The van der Waals surface area contributed by atoms with Crippen molar-refractivity contribution >= 4 is 23.2 Å². The fraction of sp³-hybridized carbons (Fsp3) is 0.562. The van der Waals surface area contributed by atoms with E-state index in [2.05, 4.69) is 10.2 Å². The number of halogens is 1. The van der Waals surface area contributed by atoms with Gasteiger partial charge in [-0.15, -0.1) is 0 Å². The van der Waals surface area contributed by atoms with Gasteiger partial charge in [0, 0.05) is 37.5 Å². The van der Waals surface area contributed by atoms with E-state index in [0.29, 0.717) is 6.42 Å². The van der Waals surface area contributed by atoms with E-state index in [1.165, 1.54) is 5.56 Å². The first-order valence-electron chi connectivity index (χ1n) is 7.67. The summed E-state index contributed by atoms with van der Waals surface area (Å²) in [5.41, 5.74) is 2.31. The molecule has 0 bridgehead atoms. The zero-order valence-corrected chi connectivity index (χ0v) is 13.1. The largest absolute Gasteiger partial charge is 0.493 e. The summed E-state index contributed by atoms with van der Waals surface area (Å²) in [6.45, 7) is 4.50. The number of hydrogen-bond donors (Lipinski definition) is 1. The van der Waals surface area contributed by atoms with Crippen LogP contribution in [0.1, 0.15) is 31.7 Å². The van der Waals surface area contributed by atoms with E-state index in [0.717, 1.165) is 55.4 Å². The number of fused-ring (bicyclic) bond motifs is 1. The summed E-state index contributed by atoms with van der Waals surface area (Å²) in [5, 5.41) is 3.89. The second-order valence-corrected chi connectivity index (χ2v) is 6.13. The van der Waals surface area contributed by atoms with Gasteiger partial charge in [0.05, 0.1) is 17.3 Å². The highest BCUT2D eigenvalue weighted by Crippen LogP contribution is 2.40. The van der Waals surface area contributed by atoms with E-state index >= 15 is 0 Å². The Kier molecular flexibility index (Phi) is 4.24. The van der Waals surface area contributed by atoms with Crippen molar-refractivity contribution in [3.8, 4) is 5.75 Å². The molecule has 5 heteroatoms. The fourth-order valence-electron chi connectivity index (χ4n) is 3.18. The summed E-state index contributed by atoms with van der Waals surface area (Å²) < 4.78 is 5.62. The Bertz CT molecular complexity index is 547. The number of nitrogens with one attached hydrogen (secondary N) is 1. The number of carbonyl (C=O) groups is 1. The van der Waals surface area contributed by atoms with E-state index in [1.807, 2.05) is 19.1 Å². The van der Waals surface area contributed by atoms with Crippen LogP contribution in [0.15, 0.2) is 12.1 Å². The van der Waals surface area contributed by atoms with E-state index in [4.69, 9.17) is 16.3 Å². The Morgan fingerprint density at radius 2 is 2.38 bits per heavy atom. The summed E-state index contributed by atoms with van der Waals surface area (Å²) in [7, 11) is 0. The number of amides is 1. The predicted molar refractivity (Wildman–Crippen MR) is 84.3 cm³/mol. The van der Waals surface area contributed by atoms with Crippen LogP contribution < -0.4 is 15.0 Å². The second-order valence-electron chi connectivity index (χ2n) is 5.72. The maximum atomic E-state index is 11.7. The third-order valence-electron chi connectivity index (χ3n) is 4.15. The number of nitrogens with zero attached hydrogens (tertiary/aromatic N) is 1. The fourth-order valence-corrected chi connectivity index (χ4v) is 3.48. The van der Waals surface area contributed by atoms with Gasteiger partial charge in [-0.1, -0.05) is 18.5 Å². The number of rotatable bonds is 4. The highest BCUT2D eigenvalue weighted by molar-refractivity contribution is 6.33. The topological polar surface area (TPSA) is 41.6 Å². The highest BCUT2D eigenvalue weighted by atomic mass is 35.5. The molecule has 4 nitrogen and oxygen atoms in total. The minimum atomic E-state index is 0.150. The molecule has 0 saturated carbocycles. The van der Waals surface area contributed by atoms with Crippen molar-refractivity contribution in [3.63, 3.8) is 0 Å². The van der Waals surface area contributed by atoms with Crippen molar-refractivity contribution in [2.45, 2.75) is 38.6 Å². The van der Waals surface area contributed by atoms with Gasteiger partial charge in [0.25, 0.3) is 0 Å². The molecule has 0 radical (unpaired) electrons. The Morgan fingerprint density at radius 1 is 1.52 bits per heavy atom. The zero-order chi connectivity index (χ0) is 14.8. The van der Waals surface area contributed by atoms with E-state index in [9.17, 15) is 4.79 Å². The third kappa shape index (κ3) is 2.95. The summed E-state index contributed by atoms with van der Waals surface area (Å²) in [4.78, 5) is 14.0. The van der Waals surface area contributed by atoms with Gasteiger partial charge in [0.15, 0.2) is 0 Å². The smallest absolute Gasteiger partial charge is 0.220 e. The lowest BCUT2D eigenvalue weighted by atomic mass is 10.1. The average molecular weight is 309 g/mol. The highest BCUT2D eigenvalue weighted by Gasteiger charge is 2.29. The summed E-state index contributed by atoms with van der Waals surface area (Å²) in [6, 6.07) is 4.08. The molecule has 1 aromatic rings. The summed E-state index contributed by atoms with van der Waals surface area (Å²) in [6.07, 6.45) is 3.37. The van der Waals surface area contributed by atoms with Crippen LogP contribution in [0.4, 0.5) is 5.69 Å². The lowest BCUT2D eigenvalue weighted by molar-refractivity contribution is -0.121. The molecule has 1 aromatic carbocycles. The van der Waals surface area contributed by atoms with Gasteiger partial charge in [-0.2, -0.15) is 0 Å². The van der Waals surface area contributed by atoms with E-state index in [-0.39, 0.29) is 11.9 Å². The van der Waals surface area contributed by atoms with E-state index in [1.54, 1.807) is 0 Å². The third-order valence-corrected chi connectivity index (χ3v) is 4.45. The molecule has 0 aromatic heterocycles. The molecule has 1 atom stereocenters. The summed E-state index contributed by atoms with van der Waals surface area (Å²) >= 11 is 6.41. The van der Waals surface area contributed by atoms with Gasteiger partial charge < -0.3 is 15.0 Å². The quantitative estimate of drug-likeness (QED) is 0.930. The van der Waals surface area contributed by atoms with Crippen molar-refractivity contribution in [2.75, 3.05) is 24.6 Å². The number of benzene rings is 1. The average Bonchev–Trinajstić information content (AvgIpc) is 3.08. The first-order valence-corrected chi connectivity index (χ1v) is 8.05. The molecule has 1 fully saturated rings. The molecule has 0 spiro atoms. The van der Waals surface area contributed by atoms with Crippen LogP contribution in [-0.4, -0.2) is 31.6 Å². The number of carbonyl (C=O) groups excluding carboxylic acids is 1. The van der Waals surface area contributed by atoms with Crippen LogP contribution in [0.2, 0.25) is 5.02 Å². The lowest BCUT2D eigenvalue weighted by Crippen LogP contribution is -2.37. The number of hydrogen-bond acceptors (Lipinski definition) is 3. The van der Waals surface area contributed by atoms with Crippen molar-refractivity contribution < 1.29 is 9.53 Å². The van der Waals surface area contributed by atoms with Gasteiger partial charge >= 0.3 is 0 Å². The number of anilines is 1. The molecule has 2 aliphatic heterocycles. The SMILES string of the molecule is CCCC(=O)N[C@H]1CCN(c2c(Cl)ccc3c2CCO3)C1. The van der Waals surface area contributed by atoms with Crippen LogP contribution >= 0.6 is 11.6 Å². The van der Waals surface area contributed by atoms with Crippen LogP contribution in [-0.2, 0) is 11.2 Å². The Balaban J connectivity index is 1.72. The monoisotopic (exact) mass is 308 g/mol. The molecule has 1 N–H and O–H groups in total. The molecule has 114 valence electrons. The molecule has 21 heavy (non-hydrogen) atoms. The molecule has 3 rings (SSSR count). The minimum absolute atomic E-state index is 0.150. The standard InChI is InChI=1S/C16H21ClN2O2/c1-2-3-15(20)18-11-6-8-19(10-11)16-12-7-9-21-14(12)5-4-13(16)17/h4-5,11H,2-3,6-10H2,1H3,(H,18,20)/t11-/m0/s1. The molecule has 0 unspecified atom stereocenters. The molecule has 1 saturated heterocycles. The van der Waals surface area contributed by atoms with Crippen molar-refractivity contribution in [1.82, 2.24) is 5.32 Å². The van der Waals surface area contributed by atoms with Crippen molar-refractivity contribution in [1.29, 1.82) is 0 Å². The number of ether oxygens (including phenoxy) is 1. The van der Waals surface area contributed by atoms with Crippen molar-refractivity contribution in [2.24, 2.45) is 0 Å². The predicted octanol–water partition coefficient (Wildman–Crippen LogP) is 2.77. The van der Waals surface area contributed by atoms with Gasteiger partial charge in [-0.25, -0.2) is 0 Å². The van der Waals surface area contributed by atoms with Gasteiger partial charge in [0.1, 0.15) is 5.75 Å². The molecule has 1 amide bonds. The van der Waals surface area contributed by atoms with Gasteiger partial charge in [-0.05, 0) is 25.0 Å². The summed E-state index contributed by atoms with van der Waals surface area (Å²) in [5.74, 6) is 1.10. The Morgan fingerprint density at radius 3 is 3.19 bits per heavy atom. The zero-order valence-electron chi connectivity index (χ0n) is 12.3. The first-order chi connectivity index (χ1) is 10.2. The maximum Gasteiger partial charge on any atom is 0.220 e. The van der Waals surface area contributed by atoms with Crippen LogP contribution in [0.3, 0.4) is 0 Å². The van der Waals surface area contributed by atoms with Crippen molar-refractivity contribution in [3.05, 3.63) is 22.7 Å². The Labute approximate surface area is 130 Å². The van der Waals surface area contributed by atoms with Crippen LogP contribution in [0.5, 0.6) is 5.75 Å². The second kappa shape index (κ2) is 6.14. The van der Waals surface area contributed by atoms with E-state index < -0.39 is 0 Å². The van der Waals surface area contributed by atoms with Crippen LogP contribution in [0, 0.1) is 0 Å². The van der Waals surface area contributed by atoms with Gasteiger partial charge in [-0.3, -0.25) is 4.79 Å². The first kappa shape index (κ1) is 14.5. The lowest BCUT2D eigenvalue weighted by Gasteiger charge is -2.23. The molecule has 2 aliphatic rings. The van der Waals surface area contributed by atoms with Gasteiger partial charge in [0.2, 0.25) is 5.91 Å². The molecule has 0 aliphatic carbocycles. The van der Waals surface area contributed by atoms with Crippen LogP contribution in [0.25, 0.3) is 0 Å². The minimum Gasteiger partial charge on any atom is -0.493 e. The molecule has 2 heterocycles.